The van der Waals surface area contributed by atoms with Gasteiger partial charge in [0.05, 0.1) is 16.9 Å². The molecular formula is C14H13F3N4. The molecule has 0 saturated heterocycles. The Morgan fingerprint density at radius 3 is 2.14 bits per heavy atom. The molecule has 2 aromatic carbocycles. The van der Waals surface area contributed by atoms with Crippen LogP contribution in [-0.2, 0) is 12.0 Å². The third-order valence-corrected chi connectivity index (χ3v) is 3.37. The zero-order valence-corrected chi connectivity index (χ0v) is 10.8. The average Bonchev–Trinajstić information content (AvgIpc) is 2.75. The van der Waals surface area contributed by atoms with Crippen LogP contribution in [0.2, 0.25) is 0 Å². The van der Waals surface area contributed by atoms with Crippen molar-refractivity contribution in [2.75, 3.05) is 16.4 Å². The molecule has 0 spiro atoms. The molecule has 2 aromatic rings. The highest BCUT2D eigenvalue weighted by Crippen LogP contribution is 2.38. The van der Waals surface area contributed by atoms with Gasteiger partial charge in [-0.15, -0.1) is 0 Å². The molecule has 7 heteroatoms. The number of nitrogen functional groups attached to an aromatic ring is 1. The summed E-state index contributed by atoms with van der Waals surface area (Å²) in [5.41, 5.74) is 13.7. The maximum Gasteiger partial charge on any atom is 0.416 e. The topological polar surface area (TPSA) is 76.1 Å². The van der Waals surface area contributed by atoms with Crippen molar-refractivity contribution in [1.29, 1.82) is 0 Å². The minimum Gasteiger partial charge on any atom is -0.399 e. The lowest BCUT2D eigenvalue weighted by Crippen LogP contribution is -2.47. The Morgan fingerprint density at radius 2 is 1.52 bits per heavy atom. The Hall–Kier alpha value is -2.41. The molecular weight excluding hydrogens is 281 g/mol. The predicted octanol–water partition coefficient (Wildman–Crippen LogP) is 2.89. The first kappa shape index (κ1) is 13.6. The Balaban J connectivity index is 1.91. The van der Waals surface area contributed by atoms with E-state index in [0.29, 0.717) is 16.9 Å². The standard InChI is InChI=1S/C14H13F3N4/c15-13(16,17)8-1-3-9(4-2-8)14(19)20-11-6-5-10(18)7-12(11)21-14/h1-7,20-21H,18-19H2. The van der Waals surface area contributed by atoms with E-state index in [4.69, 9.17) is 11.5 Å². The number of rotatable bonds is 1. The molecule has 0 aromatic heterocycles. The van der Waals surface area contributed by atoms with Crippen LogP contribution in [0.1, 0.15) is 11.1 Å². The van der Waals surface area contributed by atoms with E-state index in [1.807, 2.05) is 0 Å². The highest BCUT2D eigenvalue weighted by Gasteiger charge is 2.35. The lowest BCUT2D eigenvalue weighted by molar-refractivity contribution is -0.137. The molecule has 3 rings (SSSR count). The van der Waals surface area contributed by atoms with Crippen molar-refractivity contribution >= 4 is 17.1 Å². The minimum atomic E-state index is -4.37. The van der Waals surface area contributed by atoms with Gasteiger partial charge in [-0.1, -0.05) is 12.1 Å². The molecule has 1 aliphatic heterocycles. The summed E-state index contributed by atoms with van der Waals surface area (Å²) in [6.45, 7) is 0. The minimum absolute atomic E-state index is 0.491. The fourth-order valence-corrected chi connectivity index (χ4v) is 2.30. The van der Waals surface area contributed by atoms with Gasteiger partial charge in [0.25, 0.3) is 0 Å². The van der Waals surface area contributed by atoms with Crippen molar-refractivity contribution in [1.82, 2.24) is 0 Å². The lowest BCUT2D eigenvalue weighted by Gasteiger charge is -2.26. The summed E-state index contributed by atoms with van der Waals surface area (Å²) < 4.78 is 37.7. The van der Waals surface area contributed by atoms with Crippen LogP contribution in [0.3, 0.4) is 0 Å². The first-order valence-electron chi connectivity index (χ1n) is 6.20. The van der Waals surface area contributed by atoms with Crippen molar-refractivity contribution in [2.24, 2.45) is 5.73 Å². The van der Waals surface area contributed by atoms with E-state index in [-0.39, 0.29) is 0 Å². The SMILES string of the molecule is Nc1ccc2c(c1)NC(N)(c1ccc(C(F)(F)F)cc1)N2. The van der Waals surface area contributed by atoms with Gasteiger partial charge in [0.2, 0.25) is 0 Å². The van der Waals surface area contributed by atoms with Crippen LogP contribution in [0.5, 0.6) is 0 Å². The molecule has 4 nitrogen and oxygen atoms in total. The van der Waals surface area contributed by atoms with E-state index < -0.39 is 17.5 Å². The molecule has 110 valence electrons. The van der Waals surface area contributed by atoms with E-state index >= 15 is 0 Å². The van der Waals surface area contributed by atoms with Crippen molar-refractivity contribution < 1.29 is 13.2 Å². The Bertz CT molecular complexity index is 682. The summed E-state index contributed by atoms with van der Waals surface area (Å²) in [6.07, 6.45) is -4.37. The number of nitrogens with one attached hydrogen (secondary N) is 2. The Kier molecular flexibility index (Phi) is 2.77. The molecule has 0 saturated carbocycles. The van der Waals surface area contributed by atoms with Crippen LogP contribution >= 0.6 is 0 Å². The summed E-state index contributed by atoms with van der Waals surface area (Å²) in [7, 11) is 0. The van der Waals surface area contributed by atoms with Gasteiger partial charge >= 0.3 is 6.18 Å². The highest BCUT2D eigenvalue weighted by atomic mass is 19.4. The van der Waals surface area contributed by atoms with Gasteiger partial charge in [-0.05, 0) is 30.3 Å². The highest BCUT2D eigenvalue weighted by molar-refractivity contribution is 5.79. The van der Waals surface area contributed by atoms with Gasteiger partial charge in [0, 0.05) is 11.3 Å². The van der Waals surface area contributed by atoms with E-state index in [9.17, 15) is 13.2 Å². The molecule has 1 heterocycles. The number of alkyl halides is 3. The second-order valence-corrected chi connectivity index (χ2v) is 4.94. The number of halogens is 3. The first-order valence-corrected chi connectivity index (χ1v) is 6.20. The van der Waals surface area contributed by atoms with Gasteiger partial charge in [-0.25, -0.2) is 0 Å². The van der Waals surface area contributed by atoms with Crippen LogP contribution in [0.4, 0.5) is 30.2 Å². The zero-order valence-electron chi connectivity index (χ0n) is 10.8. The van der Waals surface area contributed by atoms with E-state index in [1.165, 1.54) is 12.1 Å². The van der Waals surface area contributed by atoms with Gasteiger partial charge in [-0.3, -0.25) is 5.73 Å². The molecule has 0 radical (unpaired) electrons. The molecule has 6 N–H and O–H groups in total. The van der Waals surface area contributed by atoms with Crippen molar-refractivity contribution in [2.45, 2.75) is 12.0 Å². The summed E-state index contributed by atoms with van der Waals surface area (Å²) >= 11 is 0. The number of hydrogen-bond acceptors (Lipinski definition) is 4. The van der Waals surface area contributed by atoms with Crippen LogP contribution < -0.4 is 22.1 Å². The van der Waals surface area contributed by atoms with E-state index in [2.05, 4.69) is 10.6 Å². The van der Waals surface area contributed by atoms with E-state index in [1.54, 1.807) is 18.2 Å². The molecule has 0 fully saturated rings. The second-order valence-electron chi connectivity index (χ2n) is 4.94. The van der Waals surface area contributed by atoms with Gasteiger partial charge in [0.1, 0.15) is 0 Å². The van der Waals surface area contributed by atoms with Crippen LogP contribution in [0.25, 0.3) is 0 Å². The Labute approximate surface area is 118 Å². The van der Waals surface area contributed by atoms with Crippen LogP contribution in [0.15, 0.2) is 42.5 Å². The van der Waals surface area contributed by atoms with Crippen molar-refractivity contribution in [3.05, 3.63) is 53.6 Å². The maximum atomic E-state index is 12.6. The second kappa shape index (κ2) is 4.29. The molecule has 21 heavy (non-hydrogen) atoms. The van der Waals surface area contributed by atoms with Crippen LogP contribution in [-0.4, -0.2) is 0 Å². The van der Waals surface area contributed by atoms with Gasteiger partial charge in [0.15, 0.2) is 5.79 Å². The maximum absolute atomic E-state index is 12.6. The number of benzene rings is 2. The molecule has 0 aliphatic carbocycles. The quantitative estimate of drug-likeness (QED) is 0.610. The molecule has 0 amide bonds. The predicted molar refractivity (Wildman–Crippen MR) is 75.4 cm³/mol. The number of anilines is 3. The molecule has 1 atom stereocenters. The number of nitrogens with two attached hydrogens (primary N) is 2. The largest absolute Gasteiger partial charge is 0.416 e. The fraction of sp³-hybridized carbons (Fsp3) is 0.143. The smallest absolute Gasteiger partial charge is 0.399 e. The summed E-state index contributed by atoms with van der Waals surface area (Å²) in [5.74, 6) is -1.17. The zero-order chi connectivity index (χ0) is 15.3. The van der Waals surface area contributed by atoms with Crippen molar-refractivity contribution in [3.63, 3.8) is 0 Å². The Morgan fingerprint density at radius 1 is 0.905 bits per heavy atom. The average molecular weight is 294 g/mol. The summed E-state index contributed by atoms with van der Waals surface area (Å²) in [6, 6.07) is 9.88. The fourth-order valence-electron chi connectivity index (χ4n) is 2.30. The third-order valence-electron chi connectivity index (χ3n) is 3.37. The van der Waals surface area contributed by atoms with Gasteiger partial charge < -0.3 is 16.4 Å². The number of hydrogen-bond donors (Lipinski definition) is 4. The number of fused-ring (bicyclic) bond motifs is 1. The molecule has 0 bridgehead atoms. The summed E-state index contributed by atoms with van der Waals surface area (Å²) in [5, 5.41) is 6.07. The van der Waals surface area contributed by atoms with E-state index in [0.717, 1.165) is 17.8 Å². The molecule has 1 unspecified atom stereocenters. The lowest BCUT2D eigenvalue weighted by atomic mass is 10.1. The molecule has 1 aliphatic rings. The van der Waals surface area contributed by atoms with Gasteiger partial charge in [-0.2, -0.15) is 13.2 Å². The van der Waals surface area contributed by atoms with Crippen molar-refractivity contribution in [3.8, 4) is 0 Å². The summed E-state index contributed by atoms with van der Waals surface area (Å²) in [4.78, 5) is 0. The first-order chi connectivity index (χ1) is 9.78. The third kappa shape index (κ3) is 2.36. The monoisotopic (exact) mass is 294 g/mol. The normalized spacial score (nSPS) is 20.6. The van der Waals surface area contributed by atoms with Crippen LogP contribution in [0, 0.1) is 0 Å².